The minimum absolute atomic E-state index is 0.165. The van der Waals surface area contributed by atoms with Gasteiger partial charge in [0, 0.05) is 11.3 Å². The lowest BCUT2D eigenvalue weighted by molar-refractivity contribution is 0.102. The number of carbonyl (C=O) groups is 1. The van der Waals surface area contributed by atoms with E-state index >= 15 is 0 Å². The van der Waals surface area contributed by atoms with Crippen molar-refractivity contribution in [2.24, 2.45) is 0 Å². The van der Waals surface area contributed by atoms with E-state index in [1.165, 1.54) is 23.9 Å². The van der Waals surface area contributed by atoms with Gasteiger partial charge >= 0.3 is 0 Å². The van der Waals surface area contributed by atoms with Gasteiger partial charge in [-0.3, -0.25) is 4.79 Å². The summed E-state index contributed by atoms with van der Waals surface area (Å²) in [5, 5.41) is 3.20. The zero-order chi connectivity index (χ0) is 19.5. The highest BCUT2D eigenvalue weighted by atomic mass is 32.2. The molecular weight excluding hydrogens is 375 g/mol. The molecule has 1 heterocycles. The predicted octanol–water partition coefficient (Wildman–Crippen LogP) is 5.82. The van der Waals surface area contributed by atoms with Gasteiger partial charge in [-0.25, -0.2) is 9.37 Å². The summed E-state index contributed by atoms with van der Waals surface area (Å²) in [6.07, 6.45) is 0. The molecule has 0 unspecified atom stereocenters. The first kappa shape index (κ1) is 18.3. The number of anilines is 1. The molecule has 0 atom stereocenters. The van der Waals surface area contributed by atoms with E-state index in [1.807, 2.05) is 37.3 Å². The van der Waals surface area contributed by atoms with Gasteiger partial charge in [0.2, 0.25) is 0 Å². The molecule has 4 nitrogen and oxygen atoms in total. The third-order valence-electron chi connectivity index (χ3n) is 4.30. The van der Waals surface area contributed by atoms with Gasteiger partial charge in [0.25, 0.3) is 11.1 Å². The predicted molar refractivity (Wildman–Crippen MR) is 109 cm³/mol. The molecular formula is C22H17FN2O2S. The van der Waals surface area contributed by atoms with Crippen molar-refractivity contribution in [1.82, 2.24) is 4.98 Å². The Morgan fingerprint density at radius 3 is 2.61 bits per heavy atom. The Labute approximate surface area is 165 Å². The van der Waals surface area contributed by atoms with Gasteiger partial charge in [0.1, 0.15) is 11.3 Å². The number of nitrogens with zero attached hydrogens (tertiary/aromatic N) is 1. The number of aryl methyl sites for hydroxylation is 1. The van der Waals surface area contributed by atoms with Gasteiger partial charge in [-0.2, -0.15) is 0 Å². The summed E-state index contributed by atoms with van der Waals surface area (Å²) in [6.45, 7) is 2.00. The molecule has 0 aliphatic heterocycles. The van der Waals surface area contributed by atoms with E-state index in [0.29, 0.717) is 16.5 Å². The SMILES string of the molecule is Cc1cccc2oc(SCc3ccc(C(=O)Nc4ccccc4F)cc3)nc12. The molecule has 0 radical (unpaired) electrons. The van der Waals surface area contributed by atoms with Crippen LogP contribution in [0, 0.1) is 12.7 Å². The van der Waals surface area contributed by atoms with Gasteiger partial charge in [-0.1, -0.05) is 48.2 Å². The molecule has 28 heavy (non-hydrogen) atoms. The average molecular weight is 392 g/mol. The lowest BCUT2D eigenvalue weighted by Gasteiger charge is -2.07. The van der Waals surface area contributed by atoms with E-state index in [-0.39, 0.29) is 11.6 Å². The lowest BCUT2D eigenvalue weighted by Crippen LogP contribution is -2.12. The van der Waals surface area contributed by atoms with Crippen LogP contribution < -0.4 is 5.32 Å². The van der Waals surface area contributed by atoms with Crippen LogP contribution in [0.25, 0.3) is 11.1 Å². The Morgan fingerprint density at radius 1 is 1.07 bits per heavy atom. The van der Waals surface area contributed by atoms with Crippen LogP contribution in [0.3, 0.4) is 0 Å². The van der Waals surface area contributed by atoms with Gasteiger partial charge in [-0.15, -0.1) is 0 Å². The first-order valence-corrected chi connectivity index (χ1v) is 9.72. The minimum atomic E-state index is -0.461. The summed E-state index contributed by atoms with van der Waals surface area (Å²) in [5.74, 6) is -0.141. The number of hydrogen-bond acceptors (Lipinski definition) is 4. The zero-order valence-corrected chi connectivity index (χ0v) is 15.9. The van der Waals surface area contributed by atoms with Crippen LogP contribution >= 0.6 is 11.8 Å². The summed E-state index contributed by atoms with van der Waals surface area (Å²) >= 11 is 1.50. The number of nitrogens with one attached hydrogen (secondary N) is 1. The average Bonchev–Trinajstić information content (AvgIpc) is 3.13. The van der Waals surface area contributed by atoms with Crippen molar-refractivity contribution < 1.29 is 13.6 Å². The quantitative estimate of drug-likeness (QED) is 0.435. The number of rotatable bonds is 5. The fourth-order valence-corrected chi connectivity index (χ4v) is 3.57. The number of halogens is 1. The molecule has 0 aliphatic rings. The first-order chi connectivity index (χ1) is 13.6. The second-order valence-electron chi connectivity index (χ2n) is 6.32. The molecule has 1 aromatic heterocycles. The van der Waals surface area contributed by atoms with Crippen LogP contribution in [0.15, 0.2) is 76.4 Å². The Bertz CT molecular complexity index is 1140. The van der Waals surface area contributed by atoms with Crippen LogP contribution in [-0.2, 0) is 5.75 Å². The molecule has 0 aliphatic carbocycles. The molecule has 0 saturated heterocycles. The number of benzene rings is 3. The summed E-state index contributed by atoms with van der Waals surface area (Å²) in [6, 6.07) is 19.1. The maximum absolute atomic E-state index is 13.7. The highest BCUT2D eigenvalue weighted by Gasteiger charge is 2.11. The third-order valence-corrected chi connectivity index (χ3v) is 5.20. The van der Waals surface area contributed by atoms with Crippen LogP contribution in [0.5, 0.6) is 0 Å². The number of fused-ring (bicyclic) bond motifs is 1. The summed E-state index contributed by atoms with van der Waals surface area (Å²) < 4.78 is 19.4. The molecule has 0 spiro atoms. The van der Waals surface area contributed by atoms with Crippen LogP contribution in [-0.4, -0.2) is 10.9 Å². The third kappa shape index (κ3) is 3.92. The zero-order valence-electron chi connectivity index (χ0n) is 15.1. The topological polar surface area (TPSA) is 55.1 Å². The number of aromatic nitrogens is 1. The van der Waals surface area contributed by atoms with Crippen LogP contribution in [0.4, 0.5) is 10.1 Å². The molecule has 0 saturated carbocycles. The normalized spacial score (nSPS) is 10.9. The number of amides is 1. The van der Waals surface area contributed by atoms with Gasteiger partial charge in [0.05, 0.1) is 5.69 Å². The van der Waals surface area contributed by atoms with E-state index in [0.717, 1.165) is 22.2 Å². The number of thioether (sulfide) groups is 1. The van der Waals surface area contributed by atoms with E-state index < -0.39 is 5.82 Å². The van der Waals surface area contributed by atoms with Crippen molar-refractivity contribution in [3.05, 3.63) is 89.2 Å². The van der Waals surface area contributed by atoms with E-state index in [4.69, 9.17) is 4.42 Å². The van der Waals surface area contributed by atoms with Gasteiger partial charge in [0.15, 0.2) is 5.58 Å². The van der Waals surface area contributed by atoms with Crippen molar-refractivity contribution >= 4 is 34.5 Å². The van der Waals surface area contributed by atoms with Crippen LogP contribution in [0.1, 0.15) is 21.5 Å². The molecule has 3 aromatic carbocycles. The van der Waals surface area contributed by atoms with Gasteiger partial charge < -0.3 is 9.73 Å². The largest absolute Gasteiger partial charge is 0.431 e. The second-order valence-corrected chi connectivity index (χ2v) is 7.25. The Balaban J connectivity index is 1.40. The lowest BCUT2D eigenvalue weighted by atomic mass is 10.1. The Kier molecular flexibility index (Phi) is 5.12. The number of para-hydroxylation sites is 2. The summed E-state index contributed by atoms with van der Waals surface area (Å²) in [7, 11) is 0. The van der Waals surface area contributed by atoms with E-state index in [9.17, 15) is 9.18 Å². The Hall–Kier alpha value is -3.12. The molecule has 140 valence electrons. The summed E-state index contributed by atoms with van der Waals surface area (Å²) in [4.78, 5) is 16.8. The highest BCUT2D eigenvalue weighted by molar-refractivity contribution is 7.98. The number of hydrogen-bond donors (Lipinski definition) is 1. The fraction of sp³-hybridized carbons (Fsp3) is 0.0909. The smallest absolute Gasteiger partial charge is 0.257 e. The maximum Gasteiger partial charge on any atom is 0.257 e. The molecule has 1 N–H and O–H groups in total. The molecule has 4 rings (SSSR count). The van der Waals surface area contributed by atoms with Crippen molar-refractivity contribution in [3.8, 4) is 0 Å². The molecule has 4 aromatic rings. The second kappa shape index (κ2) is 7.86. The highest BCUT2D eigenvalue weighted by Crippen LogP contribution is 2.27. The van der Waals surface area contributed by atoms with Crippen molar-refractivity contribution in [1.29, 1.82) is 0 Å². The molecule has 6 heteroatoms. The fourth-order valence-electron chi connectivity index (χ4n) is 2.78. The van der Waals surface area contributed by atoms with E-state index in [1.54, 1.807) is 24.3 Å². The number of oxazole rings is 1. The van der Waals surface area contributed by atoms with E-state index in [2.05, 4.69) is 10.3 Å². The monoisotopic (exact) mass is 392 g/mol. The number of carbonyl (C=O) groups excluding carboxylic acids is 1. The molecule has 0 bridgehead atoms. The van der Waals surface area contributed by atoms with Crippen molar-refractivity contribution in [2.75, 3.05) is 5.32 Å². The van der Waals surface area contributed by atoms with Crippen LogP contribution in [0.2, 0.25) is 0 Å². The minimum Gasteiger partial charge on any atom is -0.431 e. The standard InChI is InChI=1S/C22H17FN2O2S/c1-14-5-4-8-19-20(14)25-22(27-19)28-13-15-9-11-16(12-10-15)21(26)24-18-7-3-2-6-17(18)23/h2-12H,13H2,1H3,(H,24,26). The first-order valence-electron chi connectivity index (χ1n) is 8.74. The van der Waals surface area contributed by atoms with Gasteiger partial charge in [-0.05, 0) is 48.4 Å². The van der Waals surface area contributed by atoms with Crippen molar-refractivity contribution in [2.45, 2.75) is 17.9 Å². The Morgan fingerprint density at radius 2 is 1.86 bits per heavy atom. The molecule has 0 fully saturated rings. The molecule has 1 amide bonds. The summed E-state index contributed by atoms with van der Waals surface area (Å²) in [5.41, 5.74) is 4.41. The maximum atomic E-state index is 13.7. The van der Waals surface area contributed by atoms with Crippen molar-refractivity contribution in [3.63, 3.8) is 0 Å².